The number of rotatable bonds is 2. The molecule has 2 N–H and O–H groups in total. The van der Waals surface area contributed by atoms with E-state index in [0.29, 0.717) is 30.5 Å². The van der Waals surface area contributed by atoms with Crippen molar-refractivity contribution in [2.24, 2.45) is 0 Å². The van der Waals surface area contributed by atoms with Gasteiger partial charge in [0.2, 0.25) is 0 Å². The fourth-order valence-corrected chi connectivity index (χ4v) is 2.60. The van der Waals surface area contributed by atoms with Gasteiger partial charge in [0, 0.05) is 35.6 Å². The predicted octanol–water partition coefficient (Wildman–Crippen LogP) is 2.02. The smallest absolute Gasteiger partial charge is 0.323 e. The average Bonchev–Trinajstić information content (AvgIpc) is 2.76. The first kappa shape index (κ1) is 13.1. The fraction of sp³-hybridized carbons (Fsp3) is 0.357. The SMILES string of the molecule is CCOC(=O)C1Cc2c([nH]c3cc(F)c(F)cc23)CN1. The summed E-state index contributed by atoms with van der Waals surface area (Å²) in [6.45, 7) is 2.50. The standard InChI is InChI=1S/C14H14F2N2O2/c1-2-20-14(19)12-4-8-7-3-9(15)10(16)5-11(7)18-13(8)6-17-12/h3,5,12,17-18H,2,4,6H2,1H3. The van der Waals surface area contributed by atoms with Crippen molar-refractivity contribution in [3.8, 4) is 0 Å². The Labute approximate surface area is 114 Å². The molecule has 1 unspecified atom stereocenters. The molecule has 0 aliphatic carbocycles. The van der Waals surface area contributed by atoms with Gasteiger partial charge in [0.1, 0.15) is 6.04 Å². The zero-order valence-electron chi connectivity index (χ0n) is 10.9. The van der Waals surface area contributed by atoms with Crippen LogP contribution >= 0.6 is 0 Å². The van der Waals surface area contributed by atoms with Gasteiger partial charge in [-0.1, -0.05) is 0 Å². The van der Waals surface area contributed by atoms with E-state index in [1.165, 1.54) is 6.07 Å². The largest absolute Gasteiger partial charge is 0.465 e. The number of fused-ring (bicyclic) bond motifs is 3. The highest BCUT2D eigenvalue weighted by Crippen LogP contribution is 2.28. The van der Waals surface area contributed by atoms with Gasteiger partial charge in [0.05, 0.1) is 6.61 Å². The second kappa shape index (κ2) is 4.86. The number of nitrogens with one attached hydrogen (secondary N) is 2. The highest BCUT2D eigenvalue weighted by Gasteiger charge is 2.28. The van der Waals surface area contributed by atoms with Crippen LogP contribution in [0.1, 0.15) is 18.2 Å². The molecule has 1 atom stereocenters. The maximum atomic E-state index is 13.4. The molecule has 106 valence electrons. The Balaban J connectivity index is 1.99. The highest BCUT2D eigenvalue weighted by atomic mass is 19.2. The summed E-state index contributed by atoms with van der Waals surface area (Å²) in [5, 5.41) is 3.68. The number of carbonyl (C=O) groups is 1. The van der Waals surface area contributed by atoms with E-state index < -0.39 is 17.7 Å². The van der Waals surface area contributed by atoms with E-state index in [1.807, 2.05) is 0 Å². The van der Waals surface area contributed by atoms with Crippen molar-refractivity contribution in [1.82, 2.24) is 10.3 Å². The van der Waals surface area contributed by atoms with Crippen LogP contribution < -0.4 is 5.32 Å². The zero-order valence-corrected chi connectivity index (χ0v) is 10.9. The van der Waals surface area contributed by atoms with E-state index in [2.05, 4.69) is 10.3 Å². The minimum Gasteiger partial charge on any atom is -0.465 e. The molecule has 4 nitrogen and oxygen atoms in total. The predicted molar refractivity (Wildman–Crippen MR) is 69.2 cm³/mol. The number of esters is 1. The average molecular weight is 280 g/mol. The van der Waals surface area contributed by atoms with Gasteiger partial charge in [-0.05, 0) is 18.6 Å². The Morgan fingerprint density at radius 2 is 2.15 bits per heavy atom. The molecule has 0 fully saturated rings. The highest BCUT2D eigenvalue weighted by molar-refractivity contribution is 5.87. The molecule has 3 rings (SSSR count). The maximum Gasteiger partial charge on any atom is 0.323 e. The lowest BCUT2D eigenvalue weighted by atomic mass is 9.98. The quantitative estimate of drug-likeness (QED) is 0.828. The fourth-order valence-electron chi connectivity index (χ4n) is 2.60. The number of aromatic amines is 1. The summed E-state index contributed by atoms with van der Waals surface area (Å²) in [6, 6.07) is 1.87. The van der Waals surface area contributed by atoms with Crippen LogP contribution in [0.5, 0.6) is 0 Å². The van der Waals surface area contributed by atoms with Crippen molar-refractivity contribution in [3.05, 3.63) is 35.0 Å². The van der Waals surface area contributed by atoms with Crippen molar-refractivity contribution >= 4 is 16.9 Å². The molecule has 1 aliphatic rings. The van der Waals surface area contributed by atoms with Crippen LogP contribution in [-0.2, 0) is 22.5 Å². The minimum absolute atomic E-state index is 0.317. The summed E-state index contributed by atoms with van der Waals surface area (Å²) < 4.78 is 31.6. The van der Waals surface area contributed by atoms with Gasteiger partial charge in [-0.2, -0.15) is 0 Å². The molecule has 1 aromatic carbocycles. The summed E-state index contributed by atoms with van der Waals surface area (Å²) in [5.41, 5.74) is 2.24. The molecular formula is C14H14F2N2O2. The van der Waals surface area contributed by atoms with Crippen molar-refractivity contribution in [1.29, 1.82) is 0 Å². The molecule has 1 aliphatic heterocycles. The van der Waals surface area contributed by atoms with E-state index in [1.54, 1.807) is 6.92 Å². The second-order valence-electron chi connectivity index (χ2n) is 4.78. The lowest BCUT2D eigenvalue weighted by Gasteiger charge is -2.22. The summed E-state index contributed by atoms with van der Waals surface area (Å²) in [7, 11) is 0. The second-order valence-corrected chi connectivity index (χ2v) is 4.78. The normalized spacial score (nSPS) is 18.1. The van der Waals surface area contributed by atoms with Crippen LogP contribution in [0.3, 0.4) is 0 Å². The number of benzene rings is 1. The molecule has 1 aromatic heterocycles. The monoisotopic (exact) mass is 280 g/mol. The van der Waals surface area contributed by atoms with Crippen molar-refractivity contribution in [2.45, 2.75) is 25.9 Å². The van der Waals surface area contributed by atoms with Crippen LogP contribution in [0, 0.1) is 11.6 Å². The lowest BCUT2D eigenvalue weighted by molar-refractivity contribution is -0.145. The van der Waals surface area contributed by atoms with Crippen LogP contribution in [0.4, 0.5) is 8.78 Å². The Morgan fingerprint density at radius 1 is 1.40 bits per heavy atom. The van der Waals surface area contributed by atoms with E-state index in [4.69, 9.17) is 4.74 Å². The number of halogens is 2. The summed E-state index contributed by atoms with van der Waals surface area (Å²) in [4.78, 5) is 14.8. The van der Waals surface area contributed by atoms with E-state index in [9.17, 15) is 13.6 Å². The van der Waals surface area contributed by atoms with Gasteiger partial charge in [-0.25, -0.2) is 8.78 Å². The van der Waals surface area contributed by atoms with Gasteiger partial charge < -0.3 is 9.72 Å². The maximum absolute atomic E-state index is 13.4. The van der Waals surface area contributed by atoms with Crippen molar-refractivity contribution in [2.75, 3.05) is 6.61 Å². The number of H-pyrrole nitrogens is 1. The molecule has 20 heavy (non-hydrogen) atoms. The lowest BCUT2D eigenvalue weighted by Crippen LogP contribution is -2.42. The van der Waals surface area contributed by atoms with Crippen molar-refractivity contribution in [3.63, 3.8) is 0 Å². The topological polar surface area (TPSA) is 54.1 Å². The Hall–Kier alpha value is -1.95. The number of carbonyl (C=O) groups excluding carboxylic acids is 1. The molecule has 0 spiro atoms. The van der Waals surface area contributed by atoms with Gasteiger partial charge in [-0.3, -0.25) is 10.1 Å². The summed E-state index contributed by atoms with van der Waals surface area (Å²) in [6.07, 6.45) is 0.402. The van der Waals surface area contributed by atoms with Crippen LogP contribution in [0.25, 0.3) is 10.9 Å². The van der Waals surface area contributed by atoms with E-state index >= 15 is 0 Å². The third kappa shape index (κ3) is 2.06. The number of aromatic nitrogens is 1. The minimum atomic E-state index is -0.884. The first-order chi connectivity index (χ1) is 9.60. The molecule has 0 saturated carbocycles. The summed E-state index contributed by atoms with van der Waals surface area (Å²) >= 11 is 0. The third-order valence-corrected chi connectivity index (χ3v) is 3.54. The van der Waals surface area contributed by atoms with Crippen molar-refractivity contribution < 1.29 is 18.3 Å². The molecule has 0 bridgehead atoms. The third-order valence-electron chi connectivity index (χ3n) is 3.54. The summed E-state index contributed by atoms with van der Waals surface area (Å²) in [5.74, 6) is -2.09. The van der Waals surface area contributed by atoms with E-state index in [0.717, 1.165) is 17.3 Å². The number of hydrogen-bond acceptors (Lipinski definition) is 3. The Kier molecular flexibility index (Phi) is 3.17. The van der Waals surface area contributed by atoms with Gasteiger partial charge in [-0.15, -0.1) is 0 Å². The molecule has 0 saturated heterocycles. The molecule has 2 heterocycles. The van der Waals surface area contributed by atoms with Gasteiger partial charge >= 0.3 is 5.97 Å². The first-order valence-corrected chi connectivity index (χ1v) is 6.48. The van der Waals surface area contributed by atoms with Crippen LogP contribution in [-0.4, -0.2) is 23.6 Å². The number of ether oxygens (including phenoxy) is 1. The molecule has 6 heteroatoms. The Bertz CT molecular complexity index is 681. The molecule has 2 aromatic rings. The van der Waals surface area contributed by atoms with E-state index in [-0.39, 0.29) is 5.97 Å². The van der Waals surface area contributed by atoms with Gasteiger partial charge in [0.15, 0.2) is 11.6 Å². The molecule has 0 radical (unpaired) electrons. The zero-order chi connectivity index (χ0) is 14.3. The van der Waals surface area contributed by atoms with Crippen LogP contribution in [0.15, 0.2) is 12.1 Å². The number of hydrogen-bond donors (Lipinski definition) is 2. The first-order valence-electron chi connectivity index (χ1n) is 6.48. The molecular weight excluding hydrogens is 266 g/mol. The molecule has 0 amide bonds. The van der Waals surface area contributed by atoms with Gasteiger partial charge in [0.25, 0.3) is 0 Å². The Morgan fingerprint density at radius 3 is 2.90 bits per heavy atom. The van der Waals surface area contributed by atoms with Crippen LogP contribution in [0.2, 0.25) is 0 Å².